The van der Waals surface area contributed by atoms with Crippen LogP contribution in [0.1, 0.15) is 39.0 Å². The lowest BCUT2D eigenvalue weighted by molar-refractivity contribution is -0.114. The van der Waals surface area contributed by atoms with Crippen LogP contribution in [-0.4, -0.2) is 56.1 Å². The van der Waals surface area contributed by atoms with Gasteiger partial charge in [0.25, 0.3) is 11.8 Å². The second-order valence-electron chi connectivity index (χ2n) is 10.1. The third kappa shape index (κ3) is 6.79. The fourth-order valence-corrected chi connectivity index (χ4v) is 5.93. The zero-order valence-corrected chi connectivity index (χ0v) is 23.4. The number of benzene rings is 3. The number of nitrogens with one attached hydrogen (secondary N) is 1. The van der Waals surface area contributed by atoms with Crippen molar-refractivity contribution < 1.29 is 14.3 Å². The Labute approximate surface area is 235 Å². The highest BCUT2D eigenvalue weighted by Gasteiger charge is 2.29. The number of amides is 2. The van der Waals surface area contributed by atoms with E-state index in [1.54, 1.807) is 0 Å². The van der Waals surface area contributed by atoms with Crippen molar-refractivity contribution >= 4 is 35.3 Å². The molecule has 2 amide bonds. The number of thioether (sulfide) groups is 1. The first kappa shape index (κ1) is 27.2. The van der Waals surface area contributed by atoms with E-state index in [2.05, 4.69) is 48.3 Å². The van der Waals surface area contributed by atoms with E-state index in [1.807, 2.05) is 53.4 Å². The monoisotopic (exact) mass is 541 g/mol. The molecule has 3 aromatic carbocycles. The summed E-state index contributed by atoms with van der Waals surface area (Å²) in [7, 11) is 0. The van der Waals surface area contributed by atoms with Gasteiger partial charge in [-0.15, -0.1) is 0 Å². The van der Waals surface area contributed by atoms with Gasteiger partial charge in [0.1, 0.15) is 0 Å². The molecule has 0 aromatic heterocycles. The molecule has 0 radical (unpaired) electrons. The SMILES string of the molecule is Cc1ccc(C)c(CN2C(=O)C(=Cc3ccc(C(=O)NCCCN4CCOCC4)cc3)Sc3ccccc32)c1. The summed E-state index contributed by atoms with van der Waals surface area (Å²) in [6.07, 6.45) is 2.83. The number of para-hydroxylation sites is 1. The van der Waals surface area contributed by atoms with Gasteiger partial charge >= 0.3 is 0 Å². The molecule has 5 rings (SSSR count). The Bertz CT molecular complexity index is 1360. The number of hydrogen-bond donors (Lipinski definition) is 1. The summed E-state index contributed by atoms with van der Waals surface area (Å²) in [6.45, 7) is 9.78. The number of carbonyl (C=O) groups is 2. The largest absolute Gasteiger partial charge is 0.379 e. The van der Waals surface area contributed by atoms with Crippen LogP contribution in [-0.2, 0) is 16.1 Å². The van der Waals surface area contributed by atoms with Gasteiger partial charge in [-0.25, -0.2) is 0 Å². The van der Waals surface area contributed by atoms with Gasteiger partial charge in [0, 0.05) is 30.1 Å². The number of hydrogen-bond acceptors (Lipinski definition) is 5. The van der Waals surface area contributed by atoms with E-state index in [4.69, 9.17) is 4.74 Å². The van der Waals surface area contributed by atoms with Crippen LogP contribution in [0.3, 0.4) is 0 Å². The molecule has 0 unspecified atom stereocenters. The summed E-state index contributed by atoms with van der Waals surface area (Å²) in [5.41, 5.74) is 5.94. The molecule has 0 atom stereocenters. The Hall–Kier alpha value is -3.39. The quantitative estimate of drug-likeness (QED) is 0.304. The number of carbonyl (C=O) groups excluding carboxylic acids is 2. The van der Waals surface area contributed by atoms with Crippen molar-refractivity contribution in [1.29, 1.82) is 0 Å². The Kier molecular flexibility index (Phi) is 8.81. The normalized spacial score (nSPS) is 16.8. The minimum absolute atomic E-state index is 0.0123. The molecule has 2 aliphatic heterocycles. The molecule has 6 nitrogen and oxygen atoms in total. The van der Waals surface area contributed by atoms with E-state index >= 15 is 0 Å². The minimum Gasteiger partial charge on any atom is -0.379 e. The van der Waals surface area contributed by atoms with Crippen molar-refractivity contribution in [3.05, 3.63) is 99.5 Å². The number of rotatable bonds is 8. The van der Waals surface area contributed by atoms with Gasteiger partial charge in [0.05, 0.1) is 30.4 Å². The Morgan fingerprint density at radius 3 is 2.59 bits per heavy atom. The molecule has 1 fully saturated rings. The van der Waals surface area contributed by atoms with E-state index in [9.17, 15) is 9.59 Å². The minimum atomic E-state index is -0.0760. The number of morpholine rings is 1. The van der Waals surface area contributed by atoms with Crippen LogP contribution in [0.2, 0.25) is 0 Å². The van der Waals surface area contributed by atoms with Crippen molar-refractivity contribution in [3.8, 4) is 0 Å². The standard InChI is InChI=1S/C32H35N3O3S/c1-23-8-9-24(2)27(20-23)22-35-28-6-3-4-7-29(28)39-30(32(35)37)21-25-10-12-26(13-11-25)31(36)33-14-5-15-34-16-18-38-19-17-34/h3-4,6-13,20-21H,5,14-19,22H2,1-2H3,(H,33,36). The molecule has 1 N–H and O–H groups in total. The average Bonchev–Trinajstić information content (AvgIpc) is 2.96. The second kappa shape index (κ2) is 12.6. The van der Waals surface area contributed by atoms with Crippen LogP contribution in [0.4, 0.5) is 5.69 Å². The summed E-state index contributed by atoms with van der Waals surface area (Å²) in [5.74, 6) is -0.0883. The first-order valence-electron chi connectivity index (χ1n) is 13.5. The Morgan fingerprint density at radius 1 is 1.03 bits per heavy atom. The number of ether oxygens (including phenoxy) is 1. The van der Waals surface area contributed by atoms with Crippen LogP contribution in [0, 0.1) is 13.8 Å². The first-order chi connectivity index (χ1) is 19.0. The van der Waals surface area contributed by atoms with Crippen molar-refractivity contribution in [2.24, 2.45) is 0 Å². The maximum absolute atomic E-state index is 13.7. The van der Waals surface area contributed by atoms with Gasteiger partial charge in [-0.3, -0.25) is 14.5 Å². The molecule has 39 heavy (non-hydrogen) atoms. The highest BCUT2D eigenvalue weighted by Crippen LogP contribution is 2.42. The molecule has 0 spiro atoms. The fraction of sp³-hybridized carbons (Fsp3) is 0.312. The average molecular weight is 542 g/mol. The molecule has 1 saturated heterocycles. The summed E-state index contributed by atoms with van der Waals surface area (Å²) in [6, 6.07) is 21.9. The second-order valence-corrected chi connectivity index (χ2v) is 11.2. The van der Waals surface area contributed by atoms with Crippen molar-refractivity contribution in [2.75, 3.05) is 44.3 Å². The van der Waals surface area contributed by atoms with E-state index < -0.39 is 0 Å². The van der Waals surface area contributed by atoms with Crippen LogP contribution in [0.15, 0.2) is 76.5 Å². The molecular weight excluding hydrogens is 506 g/mol. The summed E-state index contributed by atoms with van der Waals surface area (Å²) in [4.78, 5) is 32.3. The van der Waals surface area contributed by atoms with Crippen LogP contribution in [0.5, 0.6) is 0 Å². The topological polar surface area (TPSA) is 61.9 Å². The summed E-state index contributed by atoms with van der Waals surface area (Å²) < 4.78 is 5.38. The highest BCUT2D eigenvalue weighted by molar-refractivity contribution is 8.04. The molecule has 2 heterocycles. The zero-order valence-electron chi connectivity index (χ0n) is 22.6. The number of anilines is 1. The number of aryl methyl sites for hydroxylation is 2. The lowest BCUT2D eigenvalue weighted by atomic mass is 10.0. The Morgan fingerprint density at radius 2 is 1.79 bits per heavy atom. The van der Waals surface area contributed by atoms with Crippen LogP contribution in [0.25, 0.3) is 6.08 Å². The third-order valence-corrected chi connectivity index (χ3v) is 8.25. The molecular formula is C32H35N3O3S. The van der Waals surface area contributed by atoms with Gasteiger partial charge in [-0.2, -0.15) is 0 Å². The maximum Gasteiger partial charge on any atom is 0.265 e. The van der Waals surface area contributed by atoms with Crippen LogP contribution >= 0.6 is 11.8 Å². The molecule has 0 bridgehead atoms. The number of fused-ring (bicyclic) bond motifs is 1. The molecule has 202 valence electrons. The molecule has 0 saturated carbocycles. The molecule has 3 aromatic rings. The van der Waals surface area contributed by atoms with Crippen molar-refractivity contribution in [1.82, 2.24) is 10.2 Å². The Balaban J connectivity index is 1.26. The lowest BCUT2D eigenvalue weighted by Gasteiger charge is -2.31. The van der Waals surface area contributed by atoms with Gasteiger partial charge in [0.15, 0.2) is 0 Å². The lowest BCUT2D eigenvalue weighted by Crippen LogP contribution is -2.38. The predicted molar refractivity (Wildman–Crippen MR) is 158 cm³/mol. The van der Waals surface area contributed by atoms with E-state index in [0.717, 1.165) is 61.0 Å². The predicted octanol–water partition coefficient (Wildman–Crippen LogP) is 5.44. The molecule has 7 heteroatoms. The van der Waals surface area contributed by atoms with Gasteiger partial charge in [-0.1, -0.05) is 59.8 Å². The zero-order chi connectivity index (χ0) is 27.2. The van der Waals surface area contributed by atoms with Crippen LogP contribution < -0.4 is 10.2 Å². The summed E-state index contributed by atoms with van der Waals surface area (Å²) >= 11 is 1.50. The van der Waals surface area contributed by atoms with E-state index in [-0.39, 0.29) is 11.8 Å². The summed E-state index contributed by atoms with van der Waals surface area (Å²) in [5, 5.41) is 3.02. The van der Waals surface area contributed by atoms with Gasteiger partial charge < -0.3 is 15.0 Å². The van der Waals surface area contributed by atoms with E-state index in [1.165, 1.54) is 22.9 Å². The molecule has 0 aliphatic carbocycles. The first-order valence-corrected chi connectivity index (χ1v) is 14.3. The van der Waals surface area contributed by atoms with Crippen molar-refractivity contribution in [2.45, 2.75) is 31.7 Å². The van der Waals surface area contributed by atoms with Gasteiger partial charge in [0.2, 0.25) is 0 Å². The number of nitrogens with zero attached hydrogens (tertiary/aromatic N) is 2. The van der Waals surface area contributed by atoms with Gasteiger partial charge in [-0.05, 0) is 73.8 Å². The molecule has 2 aliphatic rings. The van der Waals surface area contributed by atoms with Crippen molar-refractivity contribution in [3.63, 3.8) is 0 Å². The fourth-order valence-electron chi connectivity index (χ4n) is 4.87. The van der Waals surface area contributed by atoms with E-state index in [0.29, 0.717) is 23.6 Å². The smallest absolute Gasteiger partial charge is 0.265 e. The third-order valence-electron chi connectivity index (χ3n) is 7.18. The highest BCUT2D eigenvalue weighted by atomic mass is 32.2. The maximum atomic E-state index is 13.7.